The lowest BCUT2D eigenvalue weighted by atomic mass is 10.1. The van der Waals surface area contributed by atoms with Gasteiger partial charge in [0.15, 0.2) is 0 Å². The topological polar surface area (TPSA) is 58.6 Å². The molecule has 1 N–H and O–H groups in total. The van der Waals surface area contributed by atoms with Crippen molar-refractivity contribution in [2.75, 3.05) is 18.4 Å². The van der Waals surface area contributed by atoms with Crippen LogP contribution in [0.3, 0.4) is 0 Å². The van der Waals surface area contributed by atoms with Crippen LogP contribution in [0, 0.1) is 26.6 Å². The van der Waals surface area contributed by atoms with Gasteiger partial charge in [0.1, 0.15) is 17.7 Å². The van der Waals surface area contributed by atoms with Crippen molar-refractivity contribution in [1.29, 1.82) is 0 Å². The molecule has 7 heteroatoms. The molecule has 33 heavy (non-hydrogen) atoms. The van der Waals surface area contributed by atoms with Crippen molar-refractivity contribution in [2.24, 2.45) is 0 Å². The Bertz CT molecular complexity index is 1180. The van der Waals surface area contributed by atoms with Crippen LogP contribution in [0.25, 0.3) is 0 Å². The molecule has 0 bridgehead atoms. The lowest BCUT2D eigenvalue weighted by Crippen LogP contribution is -2.41. The highest BCUT2D eigenvalue weighted by atomic mass is 32.1. The van der Waals surface area contributed by atoms with Gasteiger partial charge in [0.05, 0.1) is 9.88 Å². The highest BCUT2D eigenvalue weighted by Gasteiger charge is 2.27. The van der Waals surface area contributed by atoms with Crippen molar-refractivity contribution in [3.05, 3.63) is 81.5 Å². The smallest absolute Gasteiger partial charge is 0.264 e. The number of ether oxygens (including phenoxy) is 1. The number of rotatable bonds is 5. The van der Waals surface area contributed by atoms with E-state index in [4.69, 9.17) is 4.74 Å². The number of carbonyl (C=O) groups excluding carboxylic acids is 2. The number of hydrogen-bond donors (Lipinski definition) is 1. The minimum atomic E-state index is -0.467. The molecule has 0 unspecified atom stereocenters. The fourth-order valence-electron chi connectivity index (χ4n) is 3.90. The number of nitrogens with zero attached hydrogens (tertiary/aromatic N) is 1. The predicted octanol–water partition coefficient (Wildman–Crippen LogP) is 5.75. The molecule has 4 rings (SSSR count). The number of piperidine rings is 1. The summed E-state index contributed by atoms with van der Waals surface area (Å²) < 4.78 is 19.6. The summed E-state index contributed by atoms with van der Waals surface area (Å²) in [6, 6.07) is 13.5. The fourth-order valence-corrected chi connectivity index (χ4v) is 4.94. The van der Waals surface area contributed by atoms with Gasteiger partial charge in [-0.1, -0.05) is 18.2 Å². The largest absolute Gasteiger partial charge is 0.490 e. The van der Waals surface area contributed by atoms with E-state index in [0.29, 0.717) is 23.0 Å². The van der Waals surface area contributed by atoms with Gasteiger partial charge in [0.25, 0.3) is 11.8 Å². The first kappa shape index (κ1) is 23.0. The van der Waals surface area contributed by atoms with Crippen molar-refractivity contribution in [1.82, 2.24) is 4.90 Å². The standard InChI is InChI=1S/C26H27FN2O3S/c1-16-7-8-17(2)22(13-16)32-21-9-11-29(12-10-21)26(31)24-18(3)14-23(33-24)28-25(30)19-5-4-6-20(27)15-19/h4-8,13-15,21H,9-12H2,1-3H3,(H,28,30). The van der Waals surface area contributed by atoms with E-state index in [1.807, 2.05) is 25.7 Å². The lowest BCUT2D eigenvalue weighted by molar-refractivity contribution is 0.0598. The molecule has 2 heterocycles. The molecule has 0 aliphatic carbocycles. The molecule has 1 saturated heterocycles. The number of amides is 2. The van der Waals surface area contributed by atoms with Gasteiger partial charge in [-0.25, -0.2) is 4.39 Å². The van der Waals surface area contributed by atoms with Crippen LogP contribution < -0.4 is 10.1 Å². The summed E-state index contributed by atoms with van der Waals surface area (Å²) in [6.07, 6.45) is 1.62. The number of thiophene rings is 1. The molecular formula is C26H27FN2O3S. The summed E-state index contributed by atoms with van der Waals surface area (Å²) in [7, 11) is 0. The van der Waals surface area contributed by atoms with E-state index in [1.54, 1.807) is 12.1 Å². The number of aryl methyl sites for hydroxylation is 3. The molecule has 1 fully saturated rings. The van der Waals surface area contributed by atoms with Crippen LogP contribution >= 0.6 is 11.3 Å². The Hall–Kier alpha value is -3.19. The lowest BCUT2D eigenvalue weighted by Gasteiger charge is -2.32. The zero-order valence-electron chi connectivity index (χ0n) is 19.0. The second kappa shape index (κ2) is 9.75. The number of hydrogen-bond acceptors (Lipinski definition) is 4. The summed E-state index contributed by atoms with van der Waals surface area (Å²) in [5, 5.41) is 3.34. The quantitative estimate of drug-likeness (QED) is 0.521. The highest BCUT2D eigenvalue weighted by molar-refractivity contribution is 7.18. The maximum absolute atomic E-state index is 13.4. The summed E-state index contributed by atoms with van der Waals surface area (Å²) in [6.45, 7) is 7.19. The molecule has 0 atom stereocenters. The molecule has 2 amide bonds. The molecule has 0 radical (unpaired) electrons. The number of carbonyl (C=O) groups is 2. The maximum atomic E-state index is 13.4. The van der Waals surface area contributed by atoms with E-state index < -0.39 is 11.7 Å². The fraction of sp³-hybridized carbons (Fsp3) is 0.308. The molecule has 3 aromatic rings. The van der Waals surface area contributed by atoms with Crippen molar-refractivity contribution < 1.29 is 18.7 Å². The average Bonchev–Trinajstić information content (AvgIpc) is 3.16. The molecule has 2 aromatic carbocycles. The second-order valence-corrected chi connectivity index (χ2v) is 9.52. The summed E-state index contributed by atoms with van der Waals surface area (Å²) in [5.74, 6) is 0.00599. The Kier molecular flexibility index (Phi) is 6.79. The van der Waals surface area contributed by atoms with Crippen LogP contribution in [0.1, 0.15) is 49.6 Å². The monoisotopic (exact) mass is 466 g/mol. The normalized spacial score (nSPS) is 14.2. The zero-order chi connectivity index (χ0) is 23.5. The van der Waals surface area contributed by atoms with Crippen LogP contribution in [-0.4, -0.2) is 35.9 Å². The minimum absolute atomic E-state index is 0.0334. The molecule has 172 valence electrons. The average molecular weight is 467 g/mol. The van der Waals surface area contributed by atoms with Crippen LogP contribution in [0.4, 0.5) is 9.39 Å². The number of halogens is 1. The molecule has 1 aliphatic heterocycles. The molecule has 1 aromatic heterocycles. The number of nitrogens with one attached hydrogen (secondary N) is 1. The molecule has 1 aliphatic rings. The third kappa shape index (κ3) is 5.42. The van der Waals surface area contributed by atoms with E-state index in [9.17, 15) is 14.0 Å². The van der Waals surface area contributed by atoms with Gasteiger partial charge >= 0.3 is 0 Å². The third-order valence-corrected chi connectivity index (χ3v) is 6.94. The molecule has 5 nitrogen and oxygen atoms in total. The summed E-state index contributed by atoms with van der Waals surface area (Å²) in [4.78, 5) is 28.0. The predicted molar refractivity (Wildman–Crippen MR) is 129 cm³/mol. The maximum Gasteiger partial charge on any atom is 0.264 e. The molecular weight excluding hydrogens is 439 g/mol. The van der Waals surface area contributed by atoms with E-state index in [0.717, 1.165) is 35.3 Å². The Morgan fingerprint density at radius 2 is 1.79 bits per heavy atom. The van der Waals surface area contributed by atoms with E-state index in [2.05, 4.69) is 23.5 Å². The molecule has 0 saturated carbocycles. The third-order valence-electron chi connectivity index (χ3n) is 5.80. The van der Waals surface area contributed by atoms with E-state index >= 15 is 0 Å². The van der Waals surface area contributed by atoms with Gasteiger partial charge in [-0.15, -0.1) is 11.3 Å². The van der Waals surface area contributed by atoms with E-state index in [1.165, 1.54) is 29.5 Å². The van der Waals surface area contributed by atoms with Crippen molar-refractivity contribution >= 4 is 28.2 Å². The molecule has 0 spiro atoms. The first-order valence-electron chi connectivity index (χ1n) is 11.0. The Morgan fingerprint density at radius 3 is 2.52 bits per heavy atom. The highest BCUT2D eigenvalue weighted by Crippen LogP contribution is 2.30. The van der Waals surface area contributed by atoms with Gasteiger partial charge in [-0.05, 0) is 67.8 Å². The van der Waals surface area contributed by atoms with Crippen LogP contribution in [0.5, 0.6) is 5.75 Å². The van der Waals surface area contributed by atoms with Gasteiger partial charge in [0.2, 0.25) is 0 Å². The Balaban J connectivity index is 1.36. The van der Waals surface area contributed by atoms with Gasteiger partial charge in [-0.3, -0.25) is 9.59 Å². The van der Waals surface area contributed by atoms with Gasteiger partial charge in [-0.2, -0.15) is 0 Å². The van der Waals surface area contributed by atoms with Crippen LogP contribution in [0.2, 0.25) is 0 Å². The summed E-state index contributed by atoms with van der Waals surface area (Å²) >= 11 is 1.25. The first-order chi connectivity index (χ1) is 15.8. The number of benzene rings is 2. The number of likely N-dealkylation sites (tertiary alicyclic amines) is 1. The first-order valence-corrected chi connectivity index (χ1v) is 11.8. The van der Waals surface area contributed by atoms with E-state index in [-0.39, 0.29) is 17.6 Å². The zero-order valence-corrected chi connectivity index (χ0v) is 19.8. The van der Waals surface area contributed by atoms with Crippen LogP contribution in [-0.2, 0) is 0 Å². The number of anilines is 1. The Morgan fingerprint density at radius 1 is 1.03 bits per heavy atom. The second-order valence-electron chi connectivity index (χ2n) is 8.47. The van der Waals surface area contributed by atoms with Crippen molar-refractivity contribution in [2.45, 2.75) is 39.7 Å². The van der Waals surface area contributed by atoms with Gasteiger partial charge in [0, 0.05) is 31.5 Å². The SMILES string of the molecule is Cc1ccc(C)c(OC2CCN(C(=O)c3sc(NC(=O)c4cccc(F)c4)cc3C)CC2)c1. The summed E-state index contributed by atoms with van der Waals surface area (Å²) in [5.41, 5.74) is 3.32. The van der Waals surface area contributed by atoms with Crippen LogP contribution in [0.15, 0.2) is 48.5 Å². The van der Waals surface area contributed by atoms with Crippen molar-refractivity contribution in [3.8, 4) is 5.75 Å². The Labute approximate surface area is 197 Å². The van der Waals surface area contributed by atoms with Gasteiger partial charge < -0.3 is 15.0 Å². The van der Waals surface area contributed by atoms with Crippen molar-refractivity contribution in [3.63, 3.8) is 0 Å². The minimum Gasteiger partial charge on any atom is -0.490 e.